The molecular formula is C11H16BrN3O. The van der Waals surface area contributed by atoms with Crippen molar-refractivity contribution >= 4 is 27.5 Å². The van der Waals surface area contributed by atoms with Crippen LogP contribution in [0.1, 0.15) is 19.4 Å². The van der Waals surface area contributed by atoms with Gasteiger partial charge < -0.3 is 15.8 Å². The molecular weight excluding hydrogens is 270 g/mol. The molecule has 0 amide bonds. The van der Waals surface area contributed by atoms with Gasteiger partial charge in [-0.2, -0.15) is 0 Å². The van der Waals surface area contributed by atoms with Crippen molar-refractivity contribution in [3.05, 3.63) is 28.2 Å². The summed E-state index contributed by atoms with van der Waals surface area (Å²) in [6.07, 6.45) is 0. The molecule has 0 radical (unpaired) electrons. The number of amidine groups is 1. The highest BCUT2D eigenvalue weighted by atomic mass is 79.9. The lowest BCUT2D eigenvalue weighted by Gasteiger charge is -2.26. The van der Waals surface area contributed by atoms with Crippen LogP contribution in [-0.2, 0) is 0 Å². The molecule has 1 aromatic rings. The Morgan fingerprint density at radius 1 is 1.50 bits per heavy atom. The van der Waals surface area contributed by atoms with Crippen LogP contribution in [0.15, 0.2) is 27.8 Å². The second-order valence-corrected chi connectivity index (χ2v) is 4.77. The van der Waals surface area contributed by atoms with Gasteiger partial charge in [-0.3, -0.25) is 0 Å². The summed E-state index contributed by atoms with van der Waals surface area (Å²) in [4.78, 5) is 2.07. The maximum Gasteiger partial charge on any atom is 0.172 e. The molecule has 0 spiro atoms. The van der Waals surface area contributed by atoms with Gasteiger partial charge in [0.2, 0.25) is 0 Å². The van der Waals surface area contributed by atoms with Crippen LogP contribution in [0.3, 0.4) is 0 Å². The van der Waals surface area contributed by atoms with Crippen LogP contribution in [0.2, 0.25) is 0 Å². The van der Waals surface area contributed by atoms with E-state index >= 15 is 0 Å². The van der Waals surface area contributed by atoms with Gasteiger partial charge in [0.15, 0.2) is 5.84 Å². The fourth-order valence-electron chi connectivity index (χ4n) is 1.35. The van der Waals surface area contributed by atoms with Crippen LogP contribution in [-0.4, -0.2) is 24.1 Å². The van der Waals surface area contributed by atoms with Gasteiger partial charge in [0.1, 0.15) is 0 Å². The Morgan fingerprint density at radius 2 is 2.12 bits per heavy atom. The minimum absolute atomic E-state index is 0.120. The largest absolute Gasteiger partial charge is 0.409 e. The van der Waals surface area contributed by atoms with Gasteiger partial charge in [-0.15, -0.1) is 0 Å². The molecule has 0 bridgehead atoms. The van der Waals surface area contributed by atoms with E-state index in [9.17, 15) is 0 Å². The number of hydrogen-bond donors (Lipinski definition) is 2. The fraction of sp³-hybridized carbons (Fsp3) is 0.364. The van der Waals surface area contributed by atoms with Gasteiger partial charge in [-0.05, 0) is 32.0 Å². The first-order valence-corrected chi connectivity index (χ1v) is 5.77. The quantitative estimate of drug-likeness (QED) is 0.388. The van der Waals surface area contributed by atoms with E-state index in [1.807, 2.05) is 25.2 Å². The van der Waals surface area contributed by atoms with Crippen LogP contribution in [0.5, 0.6) is 0 Å². The smallest absolute Gasteiger partial charge is 0.172 e. The molecule has 0 saturated carbocycles. The van der Waals surface area contributed by atoms with E-state index in [2.05, 4.69) is 39.8 Å². The van der Waals surface area contributed by atoms with Gasteiger partial charge in [-0.1, -0.05) is 21.1 Å². The lowest BCUT2D eigenvalue weighted by atomic mass is 10.1. The van der Waals surface area contributed by atoms with E-state index in [1.165, 1.54) is 0 Å². The normalized spacial score (nSPS) is 11.9. The molecule has 0 heterocycles. The molecule has 0 saturated heterocycles. The minimum Gasteiger partial charge on any atom is -0.409 e. The van der Waals surface area contributed by atoms with E-state index in [-0.39, 0.29) is 5.84 Å². The van der Waals surface area contributed by atoms with Crippen LogP contribution >= 0.6 is 15.9 Å². The number of anilines is 1. The molecule has 4 nitrogen and oxygen atoms in total. The first-order valence-electron chi connectivity index (χ1n) is 4.97. The predicted molar refractivity (Wildman–Crippen MR) is 70.2 cm³/mol. The summed E-state index contributed by atoms with van der Waals surface area (Å²) in [6.45, 7) is 4.16. The highest BCUT2D eigenvalue weighted by Gasteiger charge is 2.13. The van der Waals surface area contributed by atoms with Gasteiger partial charge in [-0.25, -0.2) is 0 Å². The van der Waals surface area contributed by atoms with Crippen molar-refractivity contribution in [2.24, 2.45) is 10.9 Å². The highest BCUT2D eigenvalue weighted by molar-refractivity contribution is 9.10. The predicted octanol–water partition coefficient (Wildman–Crippen LogP) is 2.39. The van der Waals surface area contributed by atoms with E-state index < -0.39 is 0 Å². The lowest BCUT2D eigenvalue weighted by Crippen LogP contribution is -2.28. The Morgan fingerprint density at radius 3 is 2.62 bits per heavy atom. The molecule has 0 unspecified atom stereocenters. The minimum atomic E-state index is 0.120. The Labute approximate surface area is 104 Å². The third-order valence-corrected chi connectivity index (χ3v) is 2.99. The Bertz CT molecular complexity index is 404. The molecule has 1 aromatic carbocycles. The number of oxime groups is 1. The van der Waals surface area contributed by atoms with Crippen molar-refractivity contribution in [3.8, 4) is 0 Å². The van der Waals surface area contributed by atoms with E-state index in [4.69, 9.17) is 10.9 Å². The average molecular weight is 286 g/mol. The molecule has 3 N–H and O–H groups in total. The number of benzene rings is 1. The summed E-state index contributed by atoms with van der Waals surface area (Å²) in [5.74, 6) is 0.120. The molecule has 0 atom stereocenters. The monoisotopic (exact) mass is 285 g/mol. The zero-order valence-corrected chi connectivity index (χ0v) is 11.2. The maximum absolute atomic E-state index is 8.74. The highest BCUT2D eigenvalue weighted by Crippen LogP contribution is 2.25. The van der Waals surface area contributed by atoms with Crippen molar-refractivity contribution in [3.63, 3.8) is 0 Å². The summed E-state index contributed by atoms with van der Waals surface area (Å²) in [6, 6.07) is 5.98. The molecule has 5 heteroatoms. The molecule has 1 rings (SSSR count). The summed E-state index contributed by atoms with van der Waals surface area (Å²) in [7, 11) is 1.97. The van der Waals surface area contributed by atoms with Crippen molar-refractivity contribution < 1.29 is 5.21 Å². The standard InChI is InChI=1S/C11H16BrN3O/c1-7(2)15(3)10-6-8(12)4-5-9(10)11(13)14-16/h4-7,16H,1-3H3,(H2,13,14). The van der Waals surface area contributed by atoms with Crippen molar-refractivity contribution in [2.75, 3.05) is 11.9 Å². The average Bonchev–Trinajstić information content (AvgIpc) is 2.26. The summed E-state index contributed by atoms with van der Waals surface area (Å²) in [5.41, 5.74) is 7.30. The van der Waals surface area contributed by atoms with Crippen molar-refractivity contribution in [1.82, 2.24) is 0 Å². The molecule has 0 aliphatic heterocycles. The third kappa shape index (κ3) is 2.66. The maximum atomic E-state index is 8.74. The topological polar surface area (TPSA) is 61.8 Å². The Balaban J connectivity index is 3.29. The number of nitrogens with zero attached hydrogens (tertiary/aromatic N) is 2. The molecule has 0 aliphatic rings. The lowest BCUT2D eigenvalue weighted by molar-refractivity contribution is 0.318. The van der Waals surface area contributed by atoms with E-state index in [0.29, 0.717) is 6.04 Å². The Hall–Kier alpha value is -1.23. The zero-order chi connectivity index (χ0) is 12.3. The molecule has 0 fully saturated rings. The number of halogens is 1. The second-order valence-electron chi connectivity index (χ2n) is 3.85. The first kappa shape index (κ1) is 12.8. The zero-order valence-electron chi connectivity index (χ0n) is 9.61. The fourth-order valence-corrected chi connectivity index (χ4v) is 1.69. The van der Waals surface area contributed by atoms with Crippen LogP contribution in [0.4, 0.5) is 5.69 Å². The van der Waals surface area contributed by atoms with E-state index in [1.54, 1.807) is 0 Å². The molecule has 88 valence electrons. The molecule has 0 aliphatic carbocycles. The second kappa shape index (κ2) is 5.21. The van der Waals surface area contributed by atoms with Gasteiger partial charge >= 0.3 is 0 Å². The molecule has 16 heavy (non-hydrogen) atoms. The summed E-state index contributed by atoms with van der Waals surface area (Å²) in [5, 5.41) is 11.8. The number of nitrogens with two attached hydrogens (primary N) is 1. The van der Waals surface area contributed by atoms with E-state index in [0.717, 1.165) is 15.7 Å². The van der Waals surface area contributed by atoms with Crippen LogP contribution < -0.4 is 10.6 Å². The first-order chi connectivity index (χ1) is 7.47. The third-order valence-electron chi connectivity index (χ3n) is 2.50. The van der Waals surface area contributed by atoms with Crippen molar-refractivity contribution in [1.29, 1.82) is 0 Å². The van der Waals surface area contributed by atoms with Gasteiger partial charge in [0, 0.05) is 28.8 Å². The number of hydrogen-bond acceptors (Lipinski definition) is 3. The number of rotatable bonds is 3. The van der Waals surface area contributed by atoms with Crippen LogP contribution in [0.25, 0.3) is 0 Å². The van der Waals surface area contributed by atoms with Gasteiger partial charge in [0.05, 0.1) is 0 Å². The SMILES string of the molecule is CC(C)N(C)c1cc(Br)ccc1/C(N)=N/O. The van der Waals surface area contributed by atoms with Gasteiger partial charge in [0.25, 0.3) is 0 Å². The summed E-state index contributed by atoms with van der Waals surface area (Å²) >= 11 is 3.41. The van der Waals surface area contributed by atoms with Crippen molar-refractivity contribution in [2.45, 2.75) is 19.9 Å². The molecule has 0 aromatic heterocycles. The van der Waals surface area contributed by atoms with Crippen LogP contribution in [0, 0.1) is 0 Å². The summed E-state index contributed by atoms with van der Waals surface area (Å²) < 4.78 is 0.962. The Kier molecular flexibility index (Phi) is 4.18.